The van der Waals surface area contributed by atoms with E-state index in [1.165, 1.54) is 18.2 Å². The van der Waals surface area contributed by atoms with Gasteiger partial charge in [-0.3, -0.25) is 9.89 Å². The minimum Gasteiger partial charge on any atom is -0.496 e. The van der Waals surface area contributed by atoms with Crippen LogP contribution >= 0.6 is 24.0 Å². The number of benzene rings is 2. The maximum absolute atomic E-state index is 12.6. The van der Waals surface area contributed by atoms with E-state index in [0.29, 0.717) is 6.54 Å². The highest BCUT2D eigenvalue weighted by Crippen LogP contribution is 2.32. The Bertz CT molecular complexity index is 874. The molecule has 0 bridgehead atoms. The fraction of sp³-hybridized carbons (Fsp3) is 0.381. The summed E-state index contributed by atoms with van der Waals surface area (Å²) in [6.45, 7) is 2.21. The van der Waals surface area contributed by atoms with Crippen LogP contribution in [0.5, 0.6) is 11.5 Å². The Labute approximate surface area is 196 Å². The number of hydrogen-bond acceptors (Lipinski definition) is 4. The third kappa shape index (κ3) is 7.17. The molecule has 10 heteroatoms. The van der Waals surface area contributed by atoms with Gasteiger partial charge in [0.2, 0.25) is 0 Å². The van der Waals surface area contributed by atoms with Gasteiger partial charge in [0.1, 0.15) is 5.75 Å². The number of alkyl halides is 3. The van der Waals surface area contributed by atoms with Gasteiger partial charge in [0, 0.05) is 5.56 Å². The molecule has 31 heavy (non-hydrogen) atoms. The molecule has 1 unspecified atom stereocenters. The molecular weight excluding hydrogens is 524 g/mol. The van der Waals surface area contributed by atoms with Gasteiger partial charge in [0.15, 0.2) is 11.7 Å². The number of ether oxygens (including phenoxy) is 2. The van der Waals surface area contributed by atoms with Crippen LogP contribution in [0.15, 0.2) is 53.5 Å². The summed E-state index contributed by atoms with van der Waals surface area (Å²) in [5.74, 6) is 0.399. The molecule has 0 radical (unpaired) electrons. The number of nitrogens with two attached hydrogens (primary N) is 1. The molecule has 2 aromatic rings. The van der Waals surface area contributed by atoms with E-state index in [2.05, 4.69) is 19.9 Å². The predicted octanol–water partition coefficient (Wildman–Crippen LogP) is 4.78. The van der Waals surface area contributed by atoms with E-state index in [0.717, 1.165) is 37.2 Å². The first-order chi connectivity index (χ1) is 14.4. The number of methoxy groups -OCH3 is 1. The number of rotatable bonds is 7. The van der Waals surface area contributed by atoms with E-state index in [1.54, 1.807) is 13.2 Å². The summed E-state index contributed by atoms with van der Waals surface area (Å²) < 4.78 is 47.4. The van der Waals surface area contributed by atoms with Crippen molar-refractivity contribution in [2.24, 2.45) is 10.7 Å². The zero-order valence-electron chi connectivity index (χ0n) is 17.1. The smallest absolute Gasteiger partial charge is 0.496 e. The number of anilines is 1. The normalized spacial score (nSPS) is 15.8. The zero-order valence-corrected chi connectivity index (χ0v) is 19.4. The van der Waals surface area contributed by atoms with Gasteiger partial charge in [0.05, 0.1) is 25.4 Å². The first kappa shape index (κ1) is 25.1. The molecule has 0 aliphatic carbocycles. The van der Waals surface area contributed by atoms with Crippen LogP contribution in [-0.2, 0) is 0 Å². The highest BCUT2D eigenvalue weighted by atomic mass is 127. The molecule has 1 fully saturated rings. The predicted molar refractivity (Wildman–Crippen MR) is 125 cm³/mol. The molecule has 0 amide bonds. The Morgan fingerprint density at radius 3 is 2.35 bits per heavy atom. The number of nitrogens with one attached hydrogen (secondary N) is 1. The Morgan fingerprint density at radius 1 is 1.10 bits per heavy atom. The lowest BCUT2D eigenvalue weighted by atomic mass is 10.0. The Morgan fingerprint density at radius 2 is 1.71 bits per heavy atom. The van der Waals surface area contributed by atoms with Crippen molar-refractivity contribution in [3.8, 4) is 11.5 Å². The first-order valence-corrected chi connectivity index (χ1v) is 9.66. The van der Waals surface area contributed by atoms with Gasteiger partial charge in [-0.05, 0) is 44.1 Å². The molecular formula is C21H26F3IN4O2. The van der Waals surface area contributed by atoms with Crippen molar-refractivity contribution in [1.82, 2.24) is 4.90 Å². The maximum Gasteiger partial charge on any atom is 0.573 e. The average molecular weight is 550 g/mol. The lowest BCUT2D eigenvalue weighted by molar-refractivity contribution is -0.274. The lowest BCUT2D eigenvalue weighted by Crippen LogP contribution is -2.30. The second-order valence-electron chi connectivity index (χ2n) is 6.90. The second-order valence-corrected chi connectivity index (χ2v) is 6.90. The highest BCUT2D eigenvalue weighted by Gasteiger charge is 2.32. The summed E-state index contributed by atoms with van der Waals surface area (Å²) in [5.41, 5.74) is 7.07. The van der Waals surface area contributed by atoms with E-state index in [-0.39, 0.29) is 47.4 Å². The quantitative estimate of drug-likeness (QED) is 0.295. The summed E-state index contributed by atoms with van der Waals surface area (Å²) >= 11 is 0. The van der Waals surface area contributed by atoms with Crippen molar-refractivity contribution in [2.45, 2.75) is 25.2 Å². The zero-order chi connectivity index (χ0) is 21.6. The van der Waals surface area contributed by atoms with E-state index in [1.807, 2.05) is 24.3 Å². The van der Waals surface area contributed by atoms with Gasteiger partial charge in [-0.25, -0.2) is 0 Å². The number of hydrogen-bond donors (Lipinski definition) is 2. The molecule has 1 saturated heterocycles. The van der Waals surface area contributed by atoms with Crippen LogP contribution in [0.4, 0.5) is 18.9 Å². The highest BCUT2D eigenvalue weighted by molar-refractivity contribution is 14.0. The van der Waals surface area contributed by atoms with Crippen molar-refractivity contribution in [1.29, 1.82) is 0 Å². The molecule has 3 rings (SSSR count). The molecule has 1 heterocycles. The Balaban J connectivity index is 0.00000341. The summed E-state index contributed by atoms with van der Waals surface area (Å²) in [6.07, 6.45) is -2.59. The summed E-state index contributed by atoms with van der Waals surface area (Å²) in [4.78, 5) is 6.72. The largest absolute Gasteiger partial charge is 0.573 e. The average Bonchev–Trinajstić information content (AvgIpc) is 3.23. The second kappa shape index (κ2) is 11.4. The standard InChI is InChI=1S/C21H25F3N4O2.HI/c1-29-18-10-4-2-8-15(18)17(28-12-6-7-13-28)14-26-20(25)27-16-9-3-5-11-19(16)30-21(22,23)24;/h2-5,8-11,17H,6-7,12-14H2,1H3,(H3,25,26,27);1H. The van der Waals surface area contributed by atoms with Crippen LogP contribution in [0.1, 0.15) is 24.4 Å². The number of aliphatic imine (C=N–C) groups is 1. The summed E-state index contributed by atoms with van der Waals surface area (Å²) in [5, 5.41) is 2.71. The number of likely N-dealkylation sites (tertiary alicyclic amines) is 1. The summed E-state index contributed by atoms with van der Waals surface area (Å²) in [6, 6.07) is 13.4. The Hall–Kier alpha value is -2.21. The molecule has 0 saturated carbocycles. The fourth-order valence-corrected chi connectivity index (χ4v) is 3.55. The van der Waals surface area contributed by atoms with Crippen molar-refractivity contribution >= 4 is 35.6 Å². The fourth-order valence-electron chi connectivity index (χ4n) is 3.55. The van der Waals surface area contributed by atoms with Crippen LogP contribution < -0.4 is 20.5 Å². The molecule has 0 spiro atoms. The van der Waals surface area contributed by atoms with E-state index < -0.39 is 6.36 Å². The van der Waals surface area contributed by atoms with E-state index in [4.69, 9.17) is 10.5 Å². The van der Waals surface area contributed by atoms with Gasteiger partial charge >= 0.3 is 6.36 Å². The minimum absolute atomic E-state index is 0. The minimum atomic E-state index is -4.80. The lowest BCUT2D eigenvalue weighted by Gasteiger charge is -2.28. The third-order valence-corrected chi connectivity index (χ3v) is 4.89. The number of guanidine groups is 1. The van der Waals surface area contributed by atoms with Crippen molar-refractivity contribution in [3.05, 3.63) is 54.1 Å². The topological polar surface area (TPSA) is 72.1 Å². The van der Waals surface area contributed by atoms with Crippen LogP contribution in [0, 0.1) is 0 Å². The molecule has 6 nitrogen and oxygen atoms in total. The van der Waals surface area contributed by atoms with Crippen LogP contribution in [0.2, 0.25) is 0 Å². The molecule has 170 valence electrons. The van der Waals surface area contributed by atoms with Crippen molar-refractivity contribution < 1.29 is 22.6 Å². The van der Waals surface area contributed by atoms with E-state index in [9.17, 15) is 13.2 Å². The van der Waals surface area contributed by atoms with Gasteiger partial charge in [-0.1, -0.05) is 30.3 Å². The molecule has 2 aromatic carbocycles. The van der Waals surface area contributed by atoms with Crippen LogP contribution in [0.3, 0.4) is 0 Å². The molecule has 1 aliphatic heterocycles. The van der Waals surface area contributed by atoms with Gasteiger partial charge in [0.25, 0.3) is 0 Å². The maximum atomic E-state index is 12.6. The monoisotopic (exact) mass is 550 g/mol. The molecule has 0 aromatic heterocycles. The van der Waals surface area contributed by atoms with Gasteiger partial charge in [-0.15, -0.1) is 37.1 Å². The SMILES string of the molecule is COc1ccccc1C(CN=C(N)Nc1ccccc1OC(F)(F)F)N1CCCC1.I. The molecule has 1 aliphatic rings. The van der Waals surface area contributed by atoms with Gasteiger partial charge in [-0.2, -0.15) is 0 Å². The molecule has 3 N–H and O–H groups in total. The first-order valence-electron chi connectivity index (χ1n) is 9.66. The number of para-hydroxylation sites is 3. The van der Waals surface area contributed by atoms with Crippen LogP contribution in [0.25, 0.3) is 0 Å². The summed E-state index contributed by atoms with van der Waals surface area (Å²) in [7, 11) is 1.62. The van der Waals surface area contributed by atoms with Gasteiger partial charge < -0.3 is 20.5 Å². The van der Waals surface area contributed by atoms with E-state index >= 15 is 0 Å². The molecule has 1 atom stereocenters. The van der Waals surface area contributed by atoms with Crippen molar-refractivity contribution in [2.75, 3.05) is 32.1 Å². The van der Waals surface area contributed by atoms with Crippen LogP contribution in [-0.4, -0.2) is 44.0 Å². The number of nitrogens with zero attached hydrogens (tertiary/aromatic N) is 2. The Kier molecular flexibility index (Phi) is 9.23. The third-order valence-electron chi connectivity index (χ3n) is 4.89. The van der Waals surface area contributed by atoms with Crippen molar-refractivity contribution in [3.63, 3.8) is 0 Å². The number of halogens is 4.